The lowest BCUT2D eigenvalue weighted by Crippen LogP contribution is -2.43. The van der Waals surface area contributed by atoms with Gasteiger partial charge in [0.25, 0.3) is 0 Å². The van der Waals surface area contributed by atoms with Gasteiger partial charge in [-0.3, -0.25) is 0 Å². The number of nitrogens with zero attached hydrogens (tertiary/aromatic N) is 3. The molecule has 1 saturated heterocycles. The third-order valence-electron chi connectivity index (χ3n) is 6.68. The van der Waals surface area contributed by atoms with E-state index in [-0.39, 0.29) is 17.8 Å². The molecule has 4 N–H and O–H groups in total. The molecular weight excluding hydrogens is 443 g/mol. The Labute approximate surface area is 204 Å². The first-order valence-electron chi connectivity index (χ1n) is 12.2. The van der Waals surface area contributed by atoms with Crippen LogP contribution in [0.1, 0.15) is 24.5 Å². The molecule has 2 aromatic carbocycles. The zero-order valence-corrected chi connectivity index (χ0v) is 19.8. The molecule has 0 bridgehead atoms. The van der Waals surface area contributed by atoms with Crippen molar-refractivity contribution >= 4 is 17.3 Å². The molecule has 2 atom stereocenters. The van der Waals surface area contributed by atoms with E-state index in [1.54, 1.807) is 10.6 Å². The summed E-state index contributed by atoms with van der Waals surface area (Å²) in [6.45, 7) is 4.54. The molecule has 0 spiro atoms. The van der Waals surface area contributed by atoms with Crippen molar-refractivity contribution in [1.82, 2.24) is 19.9 Å². The van der Waals surface area contributed by atoms with Crippen LogP contribution in [0.5, 0.6) is 0 Å². The minimum Gasteiger partial charge on any atom is -0.391 e. The Hall–Kier alpha value is -3.49. The molecule has 3 heterocycles. The minimum atomic E-state index is -0.374. The number of nitrogens with one attached hydrogen (secondary N) is 3. The summed E-state index contributed by atoms with van der Waals surface area (Å²) in [6, 6.07) is 17.0. The van der Waals surface area contributed by atoms with Crippen molar-refractivity contribution in [2.24, 2.45) is 5.92 Å². The molecule has 2 aromatic heterocycles. The van der Waals surface area contributed by atoms with Crippen molar-refractivity contribution in [2.45, 2.75) is 32.4 Å². The summed E-state index contributed by atoms with van der Waals surface area (Å²) >= 11 is 0. The van der Waals surface area contributed by atoms with E-state index in [1.165, 1.54) is 0 Å². The third kappa shape index (κ3) is 5.13. The number of aryl methyl sites for hydroxylation is 1. The molecule has 0 amide bonds. The van der Waals surface area contributed by atoms with Gasteiger partial charge in [0.1, 0.15) is 17.5 Å². The molecule has 0 unspecified atom stereocenters. The van der Waals surface area contributed by atoms with Crippen molar-refractivity contribution in [3.63, 3.8) is 0 Å². The normalized spacial score (nSPS) is 18.0. The molecular formula is C27H31FN6O. The number of rotatable bonds is 8. The van der Waals surface area contributed by atoms with E-state index in [4.69, 9.17) is 4.98 Å². The van der Waals surface area contributed by atoms with Crippen molar-refractivity contribution in [3.05, 3.63) is 77.7 Å². The highest BCUT2D eigenvalue weighted by Gasteiger charge is 2.23. The van der Waals surface area contributed by atoms with Crippen LogP contribution in [0.3, 0.4) is 0 Å². The second-order valence-corrected chi connectivity index (χ2v) is 9.01. The van der Waals surface area contributed by atoms with Crippen molar-refractivity contribution < 1.29 is 9.50 Å². The van der Waals surface area contributed by atoms with Crippen LogP contribution in [0.4, 0.5) is 16.0 Å². The Bertz CT molecular complexity index is 1290. The molecule has 0 aliphatic carbocycles. The van der Waals surface area contributed by atoms with Crippen molar-refractivity contribution in [1.29, 1.82) is 0 Å². The highest BCUT2D eigenvalue weighted by molar-refractivity contribution is 5.64. The van der Waals surface area contributed by atoms with Gasteiger partial charge in [0.15, 0.2) is 5.65 Å². The molecule has 182 valence electrons. The van der Waals surface area contributed by atoms with Crippen LogP contribution in [0.15, 0.2) is 60.8 Å². The zero-order chi connectivity index (χ0) is 24.2. The molecule has 0 saturated carbocycles. The maximum Gasteiger partial charge on any atom is 0.162 e. The van der Waals surface area contributed by atoms with Gasteiger partial charge >= 0.3 is 0 Å². The Morgan fingerprint density at radius 1 is 1.09 bits per heavy atom. The summed E-state index contributed by atoms with van der Waals surface area (Å²) in [5, 5.41) is 24.7. The molecule has 7 nitrogen and oxygen atoms in total. The average Bonchev–Trinajstić information content (AvgIpc) is 3.31. The molecule has 1 fully saturated rings. The Morgan fingerprint density at radius 3 is 2.71 bits per heavy atom. The first kappa shape index (κ1) is 23.3. The van der Waals surface area contributed by atoms with Gasteiger partial charge in [-0.2, -0.15) is 9.61 Å². The molecule has 1 aliphatic heterocycles. The summed E-state index contributed by atoms with van der Waals surface area (Å²) in [5.74, 6) is 1.35. The van der Waals surface area contributed by atoms with E-state index < -0.39 is 0 Å². The first-order chi connectivity index (χ1) is 17.1. The number of hydrogen-bond acceptors (Lipinski definition) is 6. The predicted molar refractivity (Wildman–Crippen MR) is 137 cm³/mol. The van der Waals surface area contributed by atoms with Gasteiger partial charge in [-0.1, -0.05) is 49.4 Å². The van der Waals surface area contributed by atoms with Crippen LogP contribution in [0.25, 0.3) is 16.8 Å². The summed E-state index contributed by atoms with van der Waals surface area (Å²) in [6.07, 6.45) is 3.16. The largest absolute Gasteiger partial charge is 0.391 e. The predicted octanol–water partition coefficient (Wildman–Crippen LogP) is 4.09. The van der Waals surface area contributed by atoms with Gasteiger partial charge < -0.3 is 21.1 Å². The SMILES string of the molecule is CCc1cnn2c(NCc3ccc(-c4ccccc4)cc3F)cc(NC[C@H]3CCNC[C@@H]3O)nc12. The van der Waals surface area contributed by atoms with Gasteiger partial charge in [0, 0.05) is 42.7 Å². The number of aliphatic hydroxyl groups excluding tert-OH is 1. The topological polar surface area (TPSA) is 86.5 Å². The molecule has 5 rings (SSSR count). The number of hydrogen-bond donors (Lipinski definition) is 4. The lowest BCUT2D eigenvalue weighted by atomic mass is 9.95. The Kier molecular flexibility index (Phi) is 6.92. The number of fused-ring (bicyclic) bond motifs is 1. The van der Waals surface area contributed by atoms with E-state index in [0.29, 0.717) is 31.0 Å². The smallest absolute Gasteiger partial charge is 0.162 e. The zero-order valence-electron chi connectivity index (χ0n) is 19.8. The van der Waals surface area contributed by atoms with Crippen molar-refractivity contribution in [3.8, 4) is 11.1 Å². The first-order valence-corrected chi connectivity index (χ1v) is 12.2. The van der Waals surface area contributed by atoms with Crippen LogP contribution in [0.2, 0.25) is 0 Å². The van der Waals surface area contributed by atoms with Gasteiger partial charge in [-0.15, -0.1) is 0 Å². The molecule has 8 heteroatoms. The average molecular weight is 475 g/mol. The van der Waals surface area contributed by atoms with Gasteiger partial charge in [-0.25, -0.2) is 9.37 Å². The Balaban J connectivity index is 1.36. The maximum absolute atomic E-state index is 14.9. The van der Waals surface area contributed by atoms with E-state index in [0.717, 1.165) is 47.5 Å². The molecule has 4 aromatic rings. The quantitative estimate of drug-likeness (QED) is 0.308. The highest BCUT2D eigenvalue weighted by Crippen LogP contribution is 2.24. The van der Waals surface area contributed by atoms with E-state index in [9.17, 15) is 9.50 Å². The van der Waals surface area contributed by atoms with E-state index >= 15 is 0 Å². The number of β-amino-alcohol motifs (C(OH)–C–C–N with tert-alkyl or cyclic N) is 1. The van der Waals surface area contributed by atoms with E-state index in [2.05, 4.69) is 28.0 Å². The maximum atomic E-state index is 14.9. The molecule has 0 radical (unpaired) electrons. The van der Waals surface area contributed by atoms with Crippen LogP contribution in [0, 0.1) is 11.7 Å². The van der Waals surface area contributed by atoms with Gasteiger partial charge in [-0.05, 0) is 36.6 Å². The number of benzene rings is 2. The summed E-state index contributed by atoms with van der Waals surface area (Å²) in [5.41, 5.74) is 4.22. The van der Waals surface area contributed by atoms with Crippen molar-refractivity contribution in [2.75, 3.05) is 30.3 Å². The van der Waals surface area contributed by atoms with Crippen LogP contribution < -0.4 is 16.0 Å². The van der Waals surface area contributed by atoms with Crippen LogP contribution >= 0.6 is 0 Å². The number of aliphatic hydroxyl groups is 1. The highest BCUT2D eigenvalue weighted by atomic mass is 19.1. The number of halogens is 1. The number of piperidine rings is 1. The lowest BCUT2D eigenvalue weighted by molar-refractivity contribution is 0.0883. The summed E-state index contributed by atoms with van der Waals surface area (Å²) in [7, 11) is 0. The lowest BCUT2D eigenvalue weighted by Gasteiger charge is -2.28. The second kappa shape index (κ2) is 10.4. The summed E-state index contributed by atoms with van der Waals surface area (Å²) in [4.78, 5) is 4.77. The third-order valence-corrected chi connectivity index (χ3v) is 6.68. The minimum absolute atomic E-state index is 0.165. The van der Waals surface area contributed by atoms with E-state index in [1.807, 2.05) is 54.7 Å². The van der Waals surface area contributed by atoms with Crippen LogP contribution in [-0.4, -0.2) is 45.4 Å². The fraction of sp³-hybridized carbons (Fsp3) is 0.333. The molecule has 35 heavy (non-hydrogen) atoms. The number of anilines is 2. The standard InChI is InChI=1S/C27H31FN6O/c1-2-18-16-32-34-26(13-25(33-27(18)34)30-15-22-10-11-29-17-24(22)35)31-14-21-9-8-20(12-23(21)28)19-6-4-3-5-7-19/h3-9,12-13,16,22,24,29,31,35H,2,10-11,14-15,17H2,1H3,(H,30,33)/t22-,24+/m1/s1. The second-order valence-electron chi connectivity index (χ2n) is 9.01. The fourth-order valence-electron chi connectivity index (χ4n) is 4.53. The van der Waals surface area contributed by atoms with Gasteiger partial charge in [0.2, 0.25) is 0 Å². The molecule has 1 aliphatic rings. The number of aromatic nitrogens is 3. The van der Waals surface area contributed by atoms with Gasteiger partial charge in [0.05, 0.1) is 12.3 Å². The van der Waals surface area contributed by atoms with Crippen LogP contribution in [-0.2, 0) is 13.0 Å². The summed E-state index contributed by atoms with van der Waals surface area (Å²) < 4.78 is 16.7. The monoisotopic (exact) mass is 474 g/mol. The fourth-order valence-corrected chi connectivity index (χ4v) is 4.53. The Morgan fingerprint density at radius 2 is 1.94 bits per heavy atom.